The van der Waals surface area contributed by atoms with Gasteiger partial charge in [0.2, 0.25) is 0 Å². The molecular weight excluding hydrogens is 403 g/mol. The Kier molecular flexibility index (Phi) is 11.9. The van der Waals surface area contributed by atoms with E-state index in [-0.39, 0.29) is 11.7 Å². The van der Waals surface area contributed by atoms with Crippen molar-refractivity contribution in [2.45, 2.75) is 84.5 Å². The molecule has 0 heterocycles. The average molecular weight is 445 g/mol. The highest BCUT2D eigenvalue weighted by Gasteiger charge is 2.42. The monoisotopic (exact) mass is 444 g/mol. The summed E-state index contributed by atoms with van der Waals surface area (Å²) in [4.78, 5) is 0. The molecule has 0 radical (unpaired) electrons. The lowest BCUT2D eigenvalue weighted by Gasteiger charge is -2.39. The minimum Gasteiger partial charge on any atom is -0.327 e. The molecule has 1 unspecified atom stereocenters. The third-order valence-corrected chi connectivity index (χ3v) is 5.78. The number of unbranched alkanes of at least 4 members (excludes halogenated alkanes) is 5. The quantitative estimate of drug-likeness (QED) is 0.193. The van der Waals surface area contributed by atoms with Gasteiger partial charge in [-0.2, -0.15) is 0 Å². The van der Waals surface area contributed by atoms with Crippen molar-refractivity contribution in [3.63, 3.8) is 0 Å². The molecule has 0 aliphatic heterocycles. The minimum atomic E-state index is -1.10. The van der Waals surface area contributed by atoms with Crippen LogP contribution in [0.25, 0.3) is 11.1 Å². The molecule has 2 aromatic rings. The van der Waals surface area contributed by atoms with Gasteiger partial charge in [-0.05, 0) is 56.0 Å². The molecular formula is C28H41FO3. The van der Waals surface area contributed by atoms with Crippen LogP contribution in [0.4, 0.5) is 4.39 Å². The van der Waals surface area contributed by atoms with Crippen molar-refractivity contribution < 1.29 is 18.6 Å². The molecule has 0 saturated heterocycles. The second-order valence-corrected chi connectivity index (χ2v) is 8.14. The van der Waals surface area contributed by atoms with E-state index < -0.39 is 5.97 Å². The first-order chi connectivity index (χ1) is 15.6. The molecule has 3 nitrogen and oxygen atoms in total. The standard InChI is InChI=1S/C28H41FO3/c1-5-9-10-11-12-13-17-27(28(30-6-2,31-7-3)32-8-4)24-20-18-23(19-21-24)25-15-14-16-26(29)22-25/h14-16,18-22,27H,5-13,17H2,1-4H3. The molecule has 0 bridgehead atoms. The van der Waals surface area contributed by atoms with Crippen molar-refractivity contribution >= 4 is 0 Å². The van der Waals surface area contributed by atoms with Gasteiger partial charge in [-0.3, -0.25) is 0 Å². The molecule has 0 aliphatic rings. The second-order valence-electron chi connectivity index (χ2n) is 8.14. The summed E-state index contributed by atoms with van der Waals surface area (Å²) in [6.45, 7) is 9.69. The lowest BCUT2D eigenvalue weighted by molar-refractivity contribution is -0.389. The van der Waals surface area contributed by atoms with Crippen LogP contribution in [0.1, 0.15) is 84.1 Å². The molecule has 2 aromatic carbocycles. The van der Waals surface area contributed by atoms with Crippen LogP contribution in [0.3, 0.4) is 0 Å². The normalized spacial score (nSPS) is 12.8. The molecule has 0 N–H and O–H groups in total. The molecule has 0 spiro atoms. The fourth-order valence-corrected chi connectivity index (χ4v) is 4.28. The van der Waals surface area contributed by atoms with Crippen molar-refractivity contribution in [3.8, 4) is 11.1 Å². The van der Waals surface area contributed by atoms with Gasteiger partial charge in [0, 0.05) is 19.8 Å². The Morgan fingerprint density at radius 1 is 0.719 bits per heavy atom. The van der Waals surface area contributed by atoms with Crippen LogP contribution in [0, 0.1) is 5.82 Å². The van der Waals surface area contributed by atoms with Gasteiger partial charge >= 0.3 is 0 Å². The fourth-order valence-electron chi connectivity index (χ4n) is 4.28. The topological polar surface area (TPSA) is 27.7 Å². The number of rotatable bonds is 16. The maximum atomic E-state index is 13.7. The highest BCUT2D eigenvalue weighted by Crippen LogP contribution is 2.39. The van der Waals surface area contributed by atoms with Crippen molar-refractivity contribution in [3.05, 3.63) is 59.9 Å². The first-order valence-corrected chi connectivity index (χ1v) is 12.4. The zero-order chi connectivity index (χ0) is 23.2. The maximum absolute atomic E-state index is 13.7. The maximum Gasteiger partial charge on any atom is 0.290 e. The van der Waals surface area contributed by atoms with Gasteiger partial charge in [0.15, 0.2) is 0 Å². The van der Waals surface area contributed by atoms with E-state index in [0.29, 0.717) is 19.8 Å². The van der Waals surface area contributed by atoms with E-state index in [1.165, 1.54) is 38.2 Å². The summed E-state index contributed by atoms with van der Waals surface area (Å²) in [7, 11) is 0. The highest BCUT2D eigenvalue weighted by atomic mass is 19.1. The van der Waals surface area contributed by atoms with E-state index in [1.54, 1.807) is 12.1 Å². The lowest BCUT2D eigenvalue weighted by Crippen LogP contribution is -2.45. The van der Waals surface area contributed by atoms with E-state index in [1.807, 2.05) is 39.0 Å². The van der Waals surface area contributed by atoms with Crippen LogP contribution in [-0.2, 0) is 14.2 Å². The minimum absolute atomic E-state index is 0.0462. The number of benzene rings is 2. The number of hydrogen-bond donors (Lipinski definition) is 0. The number of halogens is 1. The summed E-state index contributed by atoms with van der Waals surface area (Å²) < 4.78 is 32.1. The molecule has 0 amide bonds. The van der Waals surface area contributed by atoms with E-state index >= 15 is 0 Å². The second kappa shape index (κ2) is 14.4. The zero-order valence-corrected chi connectivity index (χ0v) is 20.4. The van der Waals surface area contributed by atoms with Crippen LogP contribution in [-0.4, -0.2) is 25.8 Å². The Bertz CT molecular complexity index is 743. The molecule has 2 rings (SSSR count). The van der Waals surface area contributed by atoms with E-state index in [9.17, 15) is 4.39 Å². The predicted octanol–water partition coefficient (Wildman–Crippen LogP) is 8.09. The zero-order valence-electron chi connectivity index (χ0n) is 20.4. The van der Waals surface area contributed by atoms with Crippen LogP contribution in [0.5, 0.6) is 0 Å². The molecule has 0 fully saturated rings. The number of hydrogen-bond acceptors (Lipinski definition) is 3. The van der Waals surface area contributed by atoms with Crippen LogP contribution >= 0.6 is 0 Å². The molecule has 1 atom stereocenters. The van der Waals surface area contributed by atoms with Crippen LogP contribution in [0.2, 0.25) is 0 Å². The summed E-state index contributed by atoms with van der Waals surface area (Å²) in [5, 5.41) is 0. The van der Waals surface area contributed by atoms with Gasteiger partial charge in [-0.15, -0.1) is 0 Å². The van der Waals surface area contributed by atoms with E-state index in [4.69, 9.17) is 14.2 Å². The smallest absolute Gasteiger partial charge is 0.290 e. The first kappa shape index (κ1) is 26.5. The summed E-state index contributed by atoms with van der Waals surface area (Å²) in [5.41, 5.74) is 2.98. The Balaban J connectivity index is 2.29. The van der Waals surface area contributed by atoms with Gasteiger partial charge in [-0.25, -0.2) is 4.39 Å². The van der Waals surface area contributed by atoms with Gasteiger partial charge < -0.3 is 14.2 Å². The lowest BCUT2D eigenvalue weighted by atomic mass is 9.89. The van der Waals surface area contributed by atoms with Gasteiger partial charge in [0.25, 0.3) is 5.97 Å². The van der Waals surface area contributed by atoms with Crippen LogP contribution < -0.4 is 0 Å². The van der Waals surface area contributed by atoms with Gasteiger partial charge in [-0.1, -0.05) is 81.8 Å². The molecule has 0 saturated carbocycles. The largest absolute Gasteiger partial charge is 0.327 e. The molecule has 0 aliphatic carbocycles. The van der Waals surface area contributed by atoms with Crippen molar-refractivity contribution in [2.75, 3.05) is 19.8 Å². The average Bonchev–Trinajstić information content (AvgIpc) is 2.79. The van der Waals surface area contributed by atoms with Crippen molar-refractivity contribution in [1.29, 1.82) is 0 Å². The Hall–Kier alpha value is -1.75. The van der Waals surface area contributed by atoms with Gasteiger partial charge in [0.1, 0.15) is 5.82 Å². The van der Waals surface area contributed by atoms with Gasteiger partial charge in [0.05, 0.1) is 5.92 Å². The summed E-state index contributed by atoms with van der Waals surface area (Å²) in [5.74, 6) is -1.37. The molecule has 4 heteroatoms. The SMILES string of the molecule is CCCCCCCCC(c1ccc(-c2cccc(F)c2)cc1)C(OCC)(OCC)OCC. The first-order valence-electron chi connectivity index (χ1n) is 12.4. The van der Waals surface area contributed by atoms with Crippen LogP contribution in [0.15, 0.2) is 48.5 Å². The summed E-state index contributed by atoms with van der Waals surface area (Å²) in [6, 6.07) is 15.0. The number of ether oxygens (including phenoxy) is 3. The third-order valence-electron chi connectivity index (χ3n) is 5.78. The Morgan fingerprint density at radius 2 is 1.31 bits per heavy atom. The van der Waals surface area contributed by atoms with E-state index in [0.717, 1.165) is 29.5 Å². The van der Waals surface area contributed by atoms with Crippen molar-refractivity contribution in [1.82, 2.24) is 0 Å². The Morgan fingerprint density at radius 3 is 1.88 bits per heavy atom. The third kappa shape index (κ3) is 7.68. The highest BCUT2D eigenvalue weighted by molar-refractivity contribution is 5.63. The fraction of sp³-hybridized carbons (Fsp3) is 0.571. The van der Waals surface area contributed by atoms with E-state index in [2.05, 4.69) is 19.1 Å². The predicted molar refractivity (Wildman–Crippen MR) is 130 cm³/mol. The molecule has 32 heavy (non-hydrogen) atoms. The molecule has 178 valence electrons. The summed E-state index contributed by atoms with van der Waals surface area (Å²) >= 11 is 0. The molecule has 0 aromatic heterocycles. The Labute approximate surface area is 194 Å². The summed E-state index contributed by atoms with van der Waals surface area (Å²) in [6.07, 6.45) is 8.30. The van der Waals surface area contributed by atoms with Crippen molar-refractivity contribution in [2.24, 2.45) is 0 Å².